The molecule has 1 fully saturated rings. The topological polar surface area (TPSA) is 33.7 Å². The van der Waals surface area contributed by atoms with Gasteiger partial charge in [-0.05, 0) is 39.8 Å². The molecule has 4 nitrogen and oxygen atoms in total. The van der Waals surface area contributed by atoms with Crippen molar-refractivity contribution >= 4 is 5.69 Å². The number of hydrogen-bond acceptors (Lipinski definition) is 4. The van der Waals surface area contributed by atoms with Crippen molar-refractivity contribution in [3.05, 3.63) is 18.2 Å². The maximum Gasteiger partial charge on any atom is 0.163 e. The molecule has 1 saturated heterocycles. The van der Waals surface area contributed by atoms with Crippen LogP contribution in [0.5, 0.6) is 11.5 Å². The summed E-state index contributed by atoms with van der Waals surface area (Å²) in [5.41, 5.74) is 1.21. The van der Waals surface area contributed by atoms with E-state index in [-0.39, 0.29) is 0 Å². The Labute approximate surface area is 122 Å². The standard InChI is InChI=1S/C16H26N2O2/c1-5-19-15-8-7-14(9-16(15)20-6-2)18-11-12(3)17-10-13(18)4/h7-9,12-13,17H,5-6,10-11H2,1-4H3. The first-order valence-electron chi connectivity index (χ1n) is 7.55. The number of rotatable bonds is 5. The van der Waals surface area contributed by atoms with Gasteiger partial charge < -0.3 is 19.7 Å². The van der Waals surface area contributed by atoms with Crippen LogP contribution in [0.2, 0.25) is 0 Å². The number of ether oxygens (including phenoxy) is 2. The van der Waals surface area contributed by atoms with Crippen LogP contribution >= 0.6 is 0 Å². The maximum atomic E-state index is 5.72. The van der Waals surface area contributed by atoms with E-state index >= 15 is 0 Å². The van der Waals surface area contributed by atoms with Crippen LogP contribution in [0.4, 0.5) is 5.69 Å². The van der Waals surface area contributed by atoms with E-state index in [0.717, 1.165) is 24.6 Å². The number of piperazine rings is 1. The lowest BCUT2D eigenvalue weighted by atomic mass is 10.1. The zero-order valence-corrected chi connectivity index (χ0v) is 13.0. The molecule has 0 aliphatic carbocycles. The molecule has 1 heterocycles. The molecule has 1 aliphatic heterocycles. The molecule has 20 heavy (non-hydrogen) atoms. The van der Waals surface area contributed by atoms with Gasteiger partial charge in [-0.15, -0.1) is 0 Å². The highest BCUT2D eigenvalue weighted by molar-refractivity contribution is 5.57. The van der Waals surface area contributed by atoms with Crippen molar-refractivity contribution in [1.29, 1.82) is 0 Å². The average molecular weight is 278 g/mol. The van der Waals surface area contributed by atoms with Gasteiger partial charge in [0.2, 0.25) is 0 Å². The Morgan fingerprint density at radius 3 is 2.55 bits per heavy atom. The van der Waals surface area contributed by atoms with E-state index in [1.54, 1.807) is 0 Å². The Morgan fingerprint density at radius 2 is 1.85 bits per heavy atom. The second-order valence-electron chi connectivity index (χ2n) is 5.31. The van der Waals surface area contributed by atoms with Gasteiger partial charge in [0.1, 0.15) is 0 Å². The first kappa shape index (κ1) is 15.0. The largest absolute Gasteiger partial charge is 0.490 e. The summed E-state index contributed by atoms with van der Waals surface area (Å²) >= 11 is 0. The molecular formula is C16H26N2O2. The third-order valence-electron chi connectivity index (χ3n) is 3.62. The van der Waals surface area contributed by atoms with Crippen LogP contribution in [0, 0.1) is 0 Å². The van der Waals surface area contributed by atoms with Gasteiger partial charge in [0.25, 0.3) is 0 Å². The predicted octanol–water partition coefficient (Wildman–Crippen LogP) is 2.67. The van der Waals surface area contributed by atoms with E-state index < -0.39 is 0 Å². The first-order valence-corrected chi connectivity index (χ1v) is 7.55. The average Bonchev–Trinajstić information content (AvgIpc) is 2.44. The van der Waals surface area contributed by atoms with Crippen molar-refractivity contribution in [2.24, 2.45) is 0 Å². The van der Waals surface area contributed by atoms with Crippen LogP contribution in [0.1, 0.15) is 27.7 Å². The van der Waals surface area contributed by atoms with Crippen LogP contribution in [-0.4, -0.2) is 38.4 Å². The molecule has 0 saturated carbocycles. The highest BCUT2D eigenvalue weighted by Gasteiger charge is 2.23. The fourth-order valence-electron chi connectivity index (χ4n) is 2.60. The Hall–Kier alpha value is -1.42. The molecule has 2 atom stereocenters. The van der Waals surface area contributed by atoms with Gasteiger partial charge in [0.15, 0.2) is 11.5 Å². The van der Waals surface area contributed by atoms with E-state index in [9.17, 15) is 0 Å². The summed E-state index contributed by atoms with van der Waals surface area (Å²) < 4.78 is 11.3. The molecule has 0 amide bonds. The molecule has 112 valence electrons. The molecule has 1 N–H and O–H groups in total. The minimum atomic E-state index is 0.485. The second-order valence-corrected chi connectivity index (χ2v) is 5.31. The van der Waals surface area contributed by atoms with Crippen molar-refractivity contribution in [3.8, 4) is 11.5 Å². The van der Waals surface area contributed by atoms with Gasteiger partial charge >= 0.3 is 0 Å². The Kier molecular flexibility index (Phi) is 5.12. The summed E-state index contributed by atoms with van der Waals surface area (Å²) in [6.45, 7) is 11.8. The van der Waals surface area contributed by atoms with Gasteiger partial charge in [0.05, 0.1) is 13.2 Å². The van der Waals surface area contributed by atoms with Gasteiger partial charge in [-0.2, -0.15) is 0 Å². The van der Waals surface area contributed by atoms with Crippen LogP contribution in [0.25, 0.3) is 0 Å². The van der Waals surface area contributed by atoms with Crippen molar-refractivity contribution in [1.82, 2.24) is 5.32 Å². The van der Waals surface area contributed by atoms with E-state index in [1.807, 2.05) is 19.9 Å². The predicted molar refractivity (Wildman–Crippen MR) is 83.1 cm³/mol. The van der Waals surface area contributed by atoms with Crippen LogP contribution in [0.3, 0.4) is 0 Å². The maximum absolute atomic E-state index is 5.72. The molecule has 1 aromatic carbocycles. The number of nitrogens with zero attached hydrogens (tertiary/aromatic N) is 1. The highest BCUT2D eigenvalue weighted by Crippen LogP contribution is 2.33. The summed E-state index contributed by atoms with van der Waals surface area (Å²) in [7, 11) is 0. The van der Waals surface area contributed by atoms with Crippen LogP contribution < -0.4 is 19.7 Å². The molecule has 2 rings (SSSR count). The fourth-order valence-corrected chi connectivity index (χ4v) is 2.60. The summed E-state index contributed by atoms with van der Waals surface area (Å²) in [5, 5.41) is 3.51. The highest BCUT2D eigenvalue weighted by atomic mass is 16.5. The van der Waals surface area contributed by atoms with Crippen molar-refractivity contribution < 1.29 is 9.47 Å². The lowest BCUT2D eigenvalue weighted by Crippen LogP contribution is -2.54. The van der Waals surface area contributed by atoms with E-state index in [0.29, 0.717) is 25.3 Å². The number of benzene rings is 1. The summed E-state index contributed by atoms with van der Waals surface area (Å²) in [5.74, 6) is 1.67. The van der Waals surface area contributed by atoms with Gasteiger partial charge in [-0.3, -0.25) is 0 Å². The van der Waals surface area contributed by atoms with Crippen molar-refractivity contribution in [3.63, 3.8) is 0 Å². The first-order chi connectivity index (χ1) is 9.65. The fraction of sp³-hybridized carbons (Fsp3) is 0.625. The molecule has 0 aromatic heterocycles. The quantitative estimate of drug-likeness (QED) is 0.898. The zero-order valence-electron chi connectivity index (χ0n) is 13.0. The number of hydrogen-bond donors (Lipinski definition) is 1. The molecule has 0 spiro atoms. The minimum Gasteiger partial charge on any atom is -0.490 e. The summed E-state index contributed by atoms with van der Waals surface area (Å²) in [4.78, 5) is 2.43. The molecule has 4 heteroatoms. The molecule has 1 aliphatic rings. The molecular weight excluding hydrogens is 252 g/mol. The van der Waals surface area contributed by atoms with Gasteiger partial charge in [0, 0.05) is 36.9 Å². The Bertz CT molecular complexity index is 436. The second kappa shape index (κ2) is 6.84. The molecule has 1 aromatic rings. The van der Waals surface area contributed by atoms with Gasteiger partial charge in [-0.25, -0.2) is 0 Å². The Balaban J connectivity index is 2.24. The lowest BCUT2D eigenvalue weighted by molar-refractivity contribution is 0.287. The number of nitrogens with one attached hydrogen (secondary N) is 1. The minimum absolute atomic E-state index is 0.485. The smallest absolute Gasteiger partial charge is 0.163 e. The van der Waals surface area contributed by atoms with E-state index in [2.05, 4.69) is 36.2 Å². The summed E-state index contributed by atoms with van der Waals surface area (Å²) in [6, 6.07) is 7.24. The van der Waals surface area contributed by atoms with E-state index in [1.165, 1.54) is 5.69 Å². The van der Waals surface area contributed by atoms with E-state index in [4.69, 9.17) is 9.47 Å². The summed E-state index contributed by atoms with van der Waals surface area (Å²) in [6.07, 6.45) is 0. The Morgan fingerprint density at radius 1 is 1.15 bits per heavy atom. The molecule has 0 radical (unpaired) electrons. The third kappa shape index (κ3) is 3.37. The normalized spacial score (nSPS) is 22.7. The van der Waals surface area contributed by atoms with Crippen molar-refractivity contribution in [2.45, 2.75) is 39.8 Å². The SMILES string of the molecule is CCOc1ccc(N2CC(C)NCC2C)cc1OCC. The molecule has 2 unspecified atom stereocenters. The van der Waals surface area contributed by atoms with Crippen LogP contribution in [0.15, 0.2) is 18.2 Å². The third-order valence-corrected chi connectivity index (χ3v) is 3.62. The van der Waals surface area contributed by atoms with Crippen LogP contribution in [-0.2, 0) is 0 Å². The lowest BCUT2D eigenvalue weighted by Gasteiger charge is -2.39. The van der Waals surface area contributed by atoms with Gasteiger partial charge in [-0.1, -0.05) is 0 Å². The zero-order chi connectivity index (χ0) is 14.5. The monoisotopic (exact) mass is 278 g/mol. The number of anilines is 1. The molecule has 0 bridgehead atoms. The van der Waals surface area contributed by atoms with Crippen molar-refractivity contribution in [2.75, 3.05) is 31.2 Å².